The van der Waals surface area contributed by atoms with E-state index in [0.717, 1.165) is 36.6 Å². The molecule has 29 heavy (non-hydrogen) atoms. The highest BCUT2D eigenvalue weighted by molar-refractivity contribution is 5.93. The van der Waals surface area contributed by atoms with Crippen LogP contribution in [0.4, 0.5) is 5.69 Å². The van der Waals surface area contributed by atoms with Crippen LogP contribution in [0.25, 0.3) is 0 Å². The van der Waals surface area contributed by atoms with Gasteiger partial charge in [-0.1, -0.05) is 44.2 Å². The number of ether oxygens (including phenoxy) is 1. The van der Waals surface area contributed by atoms with Crippen LogP contribution in [0.5, 0.6) is 0 Å². The lowest BCUT2D eigenvalue weighted by molar-refractivity contribution is -0.122. The second kappa shape index (κ2) is 11.8. The SMILES string of the molecule is CN=C(NCCOC1CCCCCC1)NCc1cccc(NC(=O)C2CCC2)c1. The molecule has 2 aliphatic carbocycles. The molecule has 6 heteroatoms. The second-order valence-corrected chi connectivity index (χ2v) is 8.15. The van der Waals surface area contributed by atoms with E-state index in [-0.39, 0.29) is 11.8 Å². The quantitative estimate of drug-likeness (QED) is 0.268. The Hall–Kier alpha value is -2.08. The van der Waals surface area contributed by atoms with Gasteiger partial charge in [0.25, 0.3) is 0 Å². The van der Waals surface area contributed by atoms with Gasteiger partial charge >= 0.3 is 0 Å². The monoisotopic (exact) mass is 400 g/mol. The molecule has 160 valence electrons. The summed E-state index contributed by atoms with van der Waals surface area (Å²) in [5.74, 6) is 1.10. The number of amides is 1. The molecule has 3 rings (SSSR count). The number of aliphatic imine (C=N–C) groups is 1. The maximum atomic E-state index is 12.1. The standard InChI is InChI=1S/C23H36N4O2/c1-24-23(25-14-15-29-21-12-4-2-3-5-13-21)26-17-18-8-6-11-20(16-18)27-22(28)19-9-7-10-19/h6,8,11,16,19,21H,2-5,7,9-10,12-15,17H2,1H3,(H,27,28)(H2,24,25,26). The molecular weight excluding hydrogens is 364 g/mol. The van der Waals surface area contributed by atoms with Crippen molar-refractivity contribution in [3.8, 4) is 0 Å². The molecule has 0 spiro atoms. The van der Waals surface area contributed by atoms with E-state index < -0.39 is 0 Å². The lowest BCUT2D eigenvalue weighted by atomic mass is 9.85. The number of benzene rings is 1. The van der Waals surface area contributed by atoms with Gasteiger partial charge in [0.2, 0.25) is 5.91 Å². The van der Waals surface area contributed by atoms with Gasteiger partial charge < -0.3 is 20.7 Å². The van der Waals surface area contributed by atoms with Crippen molar-refractivity contribution >= 4 is 17.6 Å². The third kappa shape index (κ3) is 7.35. The molecule has 0 aliphatic heterocycles. The highest BCUT2D eigenvalue weighted by atomic mass is 16.5. The molecule has 6 nitrogen and oxygen atoms in total. The zero-order chi connectivity index (χ0) is 20.3. The van der Waals surface area contributed by atoms with Gasteiger partial charge in [-0.25, -0.2) is 0 Å². The lowest BCUT2D eigenvalue weighted by Gasteiger charge is -2.24. The van der Waals surface area contributed by atoms with Crippen LogP contribution in [0.15, 0.2) is 29.3 Å². The van der Waals surface area contributed by atoms with Gasteiger partial charge in [0.15, 0.2) is 5.96 Å². The number of carbonyl (C=O) groups is 1. The second-order valence-electron chi connectivity index (χ2n) is 8.15. The largest absolute Gasteiger partial charge is 0.376 e. The van der Waals surface area contributed by atoms with Crippen LogP contribution in [0, 0.1) is 5.92 Å². The average Bonchev–Trinajstić information content (AvgIpc) is 2.95. The zero-order valence-electron chi connectivity index (χ0n) is 17.7. The summed E-state index contributed by atoms with van der Waals surface area (Å²) in [7, 11) is 1.77. The summed E-state index contributed by atoms with van der Waals surface area (Å²) in [5.41, 5.74) is 1.97. The molecule has 0 heterocycles. The molecule has 0 radical (unpaired) electrons. The molecule has 0 atom stereocenters. The fourth-order valence-electron chi connectivity index (χ4n) is 3.88. The summed E-state index contributed by atoms with van der Waals surface area (Å²) >= 11 is 0. The lowest BCUT2D eigenvalue weighted by Crippen LogP contribution is -2.39. The number of hydrogen-bond acceptors (Lipinski definition) is 3. The molecule has 2 saturated carbocycles. The van der Waals surface area contributed by atoms with Crippen LogP contribution in [-0.4, -0.2) is 38.2 Å². The van der Waals surface area contributed by atoms with E-state index in [9.17, 15) is 4.79 Å². The van der Waals surface area contributed by atoms with Crippen molar-refractivity contribution in [1.82, 2.24) is 10.6 Å². The zero-order valence-corrected chi connectivity index (χ0v) is 17.7. The Balaban J connectivity index is 1.36. The summed E-state index contributed by atoms with van der Waals surface area (Å²) in [6, 6.07) is 7.99. The van der Waals surface area contributed by atoms with Crippen molar-refractivity contribution in [3.05, 3.63) is 29.8 Å². The Morgan fingerprint density at radius 3 is 2.55 bits per heavy atom. The third-order valence-corrected chi connectivity index (χ3v) is 5.90. The molecule has 3 N–H and O–H groups in total. The van der Waals surface area contributed by atoms with Crippen molar-refractivity contribution in [3.63, 3.8) is 0 Å². The minimum absolute atomic E-state index is 0.146. The molecular formula is C23H36N4O2. The fraction of sp³-hybridized carbons (Fsp3) is 0.652. The first kappa shape index (κ1) is 21.6. The Kier molecular flexibility index (Phi) is 8.81. The minimum Gasteiger partial charge on any atom is -0.376 e. The van der Waals surface area contributed by atoms with Gasteiger partial charge in [-0.05, 0) is 43.4 Å². The van der Waals surface area contributed by atoms with Crippen LogP contribution in [0.2, 0.25) is 0 Å². The maximum absolute atomic E-state index is 12.1. The van der Waals surface area contributed by atoms with Crippen LogP contribution in [0.3, 0.4) is 0 Å². The molecule has 0 saturated heterocycles. The average molecular weight is 401 g/mol. The highest BCUT2D eigenvalue weighted by Gasteiger charge is 2.25. The van der Waals surface area contributed by atoms with Gasteiger partial charge in [-0.2, -0.15) is 0 Å². The number of nitrogens with one attached hydrogen (secondary N) is 3. The molecule has 2 aliphatic rings. The van der Waals surface area contributed by atoms with E-state index in [4.69, 9.17) is 4.74 Å². The summed E-state index contributed by atoms with van der Waals surface area (Å²) < 4.78 is 6.02. The maximum Gasteiger partial charge on any atom is 0.227 e. The molecule has 0 unspecified atom stereocenters. The summed E-state index contributed by atoms with van der Waals surface area (Å²) in [6.07, 6.45) is 11.3. The normalized spacial score (nSPS) is 18.6. The number of anilines is 1. The number of hydrogen-bond donors (Lipinski definition) is 3. The first-order chi connectivity index (χ1) is 14.2. The third-order valence-electron chi connectivity index (χ3n) is 5.90. The van der Waals surface area contributed by atoms with Crippen molar-refractivity contribution in [2.45, 2.75) is 70.4 Å². The van der Waals surface area contributed by atoms with Crippen molar-refractivity contribution in [2.24, 2.45) is 10.9 Å². The Morgan fingerprint density at radius 2 is 1.86 bits per heavy atom. The molecule has 1 aromatic rings. The van der Waals surface area contributed by atoms with E-state index in [1.165, 1.54) is 44.9 Å². The Morgan fingerprint density at radius 1 is 1.07 bits per heavy atom. The topological polar surface area (TPSA) is 74.8 Å². The van der Waals surface area contributed by atoms with Crippen LogP contribution < -0.4 is 16.0 Å². The van der Waals surface area contributed by atoms with E-state index in [1.807, 2.05) is 18.2 Å². The summed E-state index contributed by atoms with van der Waals surface area (Å²) in [6.45, 7) is 2.10. The first-order valence-electron chi connectivity index (χ1n) is 11.2. The van der Waals surface area contributed by atoms with E-state index in [1.54, 1.807) is 7.05 Å². The van der Waals surface area contributed by atoms with Gasteiger partial charge in [0.05, 0.1) is 12.7 Å². The number of guanidine groups is 1. The van der Waals surface area contributed by atoms with Crippen LogP contribution in [-0.2, 0) is 16.1 Å². The molecule has 1 amide bonds. The number of rotatable bonds is 8. The molecule has 2 fully saturated rings. The summed E-state index contributed by atoms with van der Waals surface area (Å²) in [4.78, 5) is 16.4. The Labute approximate surface area is 174 Å². The number of nitrogens with zero attached hydrogens (tertiary/aromatic N) is 1. The predicted molar refractivity (Wildman–Crippen MR) is 118 cm³/mol. The molecule has 0 aromatic heterocycles. The van der Waals surface area contributed by atoms with Gasteiger partial charge in [-0.15, -0.1) is 0 Å². The van der Waals surface area contributed by atoms with Crippen molar-refractivity contribution in [1.29, 1.82) is 0 Å². The minimum atomic E-state index is 0.146. The van der Waals surface area contributed by atoms with Gasteiger partial charge in [0.1, 0.15) is 0 Å². The molecule has 1 aromatic carbocycles. The van der Waals surface area contributed by atoms with E-state index >= 15 is 0 Å². The summed E-state index contributed by atoms with van der Waals surface area (Å²) in [5, 5.41) is 9.68. The number of carbonyl (C=O) groups excluding carboxylic acids is 1. The van der Waals surface area contributed by atoms with Crippen LogP contribution >= 0.6 is 0 Å². The van der Waals surface area contributed by atoms with Gasteiger partial charge in [-0.3, -0.25) is 9.79 Å². The van der Waals surface area contributed by atoms with Gasteiger partial charge in [0, 0.05) is 31.7 Å². The smallest absolute Gasteiger partial charge is 0.227 e. The highest BCUT2D eigenvalue weighted by Crippen LogP contribution is 2.27. The first-order valence-corrected chi connectivity index (χ1v) is 11.2. The van der Waals surface area contributed by atoms with E-state index in [2.05, 4.69) is 27.0 Å². The predicted octanol–water partition coefficient (Wildman–Crippen LogP) is 3.83. The van der Waals surface area contributed by atoms with E-state index in [0.29, 0.717) is 19.3 Å². The van der Waals surface area contributed by atoms with Crippen molar-refractivity contribution in [2.75, 3.05) is 25.5 Å². The van der Waals surface area contributed by atoms with Crippen molar-refractivity contribution < 1.29 is 9.53 Å². The fourth-order valence-corrected chi connectivity index (χ4v) is 3.88. The molecule has 0 bridgehead atoms. The Bertz CT molecular complexity index is 665. The van der Waals surface area contributed by atoms with Crippen LogP contribution in [0.1, 0.15) is 63.4 Å².